The second-order valence-electron chi connectivity index (χ2n) is 2.74. The number of amides is 1. The number of rotatable bonds is 1. The van der Waals surface area contributed by atoms with E-state index in [1.54, 1.807) is 0 Å². The van der Waals surface area contributed by atoms with Crippen molar-refractivity contribution in [3.8, 4) is 0 Å². The van der Waals surface area contributed by atoms with Crippen LogP contribution in [0.5, 0.6) is 0 Å². The summed E-state index contributed by atoms with van der Waals surface area (Å²) in [6.07, 6.45) is -4.55. The number of hydrogen-bond acceptors (Lipinski definition) is 1. The first kappa shape index (κ1) is 11.8. The molecule has 1 aromatic carbocycles. The standard InChI is InChI=1S/C9H7ClF3NO/c1-14-8(15)5-3-2-4-6(7(5)10)9(11,12)13/h2-4H,1H3,(H,14,15). The normalized spacial score (nSPS) is 11.3. The third-order valence-electron chi connectivity index (χ3n) is 1.78. The van der Waals surface area contributed by atoms with Crippen LogP contribution in [-0.4, -0.2) is 13.0 Å². The van der Waals surface area contributed by atoms with Crippen molar-refractivity contribution in [2.24, 2.45) is 0 Å². The zero-order valence-electron chi connectivity index (χ0n) is 7.65. The second kappa shape index (κ2) is 4.10. The Kier molecular flexibility index (Phi) is 3.24. The molecule has 15 heavy (non-hydrogen) atoms. The summed E-state index contributed by atoms with van der Waals surface area (Å²) in [6, 6.07) is 3.20. The van der Waals surface area contributed by atoms with Crippen LogP contribution in [0.25, 0.3) is 0 Å². The van der Waals surface area contributed by atoms with Gasteiger partial charge in [0.15, 0.2) is 0 Å². The Labute approximate surface area is 89.0 Å². The summed E-state index contributed by atoms with van der Waals surface area (Å²) in [6.45, 7) is 0. The summed E-state index contributed by atoms with van der Waals surface area (Å²) in [7, 11) is 1.32. The smallest absolute Gasteiger partial charge is 0.355 e. The Balaban J connectivity index is 3.30. The lowest BCUT2D eigenvalue weighted by molar-refractivity contribution is -0.137. The molecule has 0 saturated heterocycles. The number of carbonyl (C=O) groups is 1. The van der Waals surface area contributed by atoms with Crippen LogP contribution in [0, 0.1) is 0 Å². The highest BCUT2D eigenvalue weighted by molar-refractivity contribution is 6.34. The number of hydrogen-bond donors (Lipinski definition) is 1. The summed E-state index contributed by atoms with van der Waals surface area (Å²) in [5, 5.41) is 1.63. The Morgan fingerprint density at radius 3 is 2.47 bits per heavy atom. The minimum Gasteiger partial charge on any atom is -0.355 e. The van der Waals surface area contributed by atoms with Crippen LogP contribution in [0.4, 0.5) is 13.2 Å². The Hall–Kier alpha value is -1.23. The Morgan fingerprint density at radius 2 is 2.00 bits per heavy atom. The third kappa shape index (κ3) is 2.41. The molecule has 82 valence electrons. The number of halogens is 4. The van der Waals surface area contributed by atoms with E-state index in [2.05, 4.69) is 5.32 Å². The van der Waals surface area contributed by atoms with Gasteiger partial charge in [-0.15, -0.1) is 0 Å². The zero-order chi connectivity index (χ0) is 11.6. The number of carbonyl (C=O) groups excluding carboxylic acids is 1. The summed E-state index contributed by atoms with van der Waals surface area (Å²) < 4.78 is 37.1. The van der Waals surface area contributed by atoms with Gasteiger partial charge in [-0.25, -0.2) is 0 Å². The average molecular weight is 238 g/mol. The first-order valence-electron chi connectivity index (χ1n) is 3.95. The van der Waals surface area contributed by atoms with Gasteiger partial charge < -0.3 is 5.32 Å². The van der Waals surface area contributed by atoms with Crippen molar-refractivity contribution in [2.75, 3.05) is 7.05 Å². The molecule has 0 aliphatic carbocycles. The molecule has 0 fully saturated rings. The molecule has 0 unspecified atom stereocenters. The summed E-state index contributed by atoms with van der Waals surface area (Å²) in [5.41, 5.74) is -1.20. The van der Waals surface area contributed by atoms with Crippen LogP contribution in [0.2, 0.25) is 5.02 Å². The minimum atomic E-state index is -4.55. The first-order chi connectivity index (χ1) is 6.88. The van der Waals surface area contributed by atoms with Gasteiger partial charge in [0.2, 0.25) is 0 Å². The van der Waals surface area contributed by atoms with Gasteiger partial charge in [0.25, 0.3) is 5.91 Å². The van der Waals surface area contributed by atoms with Crippen LogP contribution in [0.15, 0.2) is 18.2 Å². The first-order valence-corrected chi connectivity index (χ1v) is 4.33. The lowest BCUT2D eigenvalue weighted by Crippen LogP contribution is -2.19. The fourth-order valence-corrected chi connectivity index (χ4v) is 1.38. The molecule has 0 atom stereocenters. The number of nitrogens with one attached hydrogen (secondary N) is 1. The highest BCUT2D eigenvalue weighted by Gasteiger charge is 2.34. The molecule has 0 aliphatic heterocycles. The van der Waals surface area contributed by atoms with Crippen molar-refractivity contribution in [1.29, 1.82) is 0 Å². The van der Waals surface area contributed by atoms with Crippen LogP contribution in [0.1, 0.15) is 15.9 Å². The van der Waals surface area contributed by atoms with Crippen molar-refractivity contribution < 1.29 is 18.0 Å². The molecular formula is C9H7ClF3NO. The molecule has 0 radical (unpaired) electrons. The molecule has 0 saturated carbocycles. The van der Waals surface area contributed by atoms with E-state index < -0.39 is 22.7 Å². The quantitative estimate of drug-likeness (QED) is 0.800. The largest absolute Gasteiger partial charge is 0.417 e. The fraction of sp³-hybridized carbons (Fsp3) is 0.222. The maximum Gasteiger partial charge on any atom is 0.417 e. The van der Waals surface area contributed by atoms with Gasteiger partial charge in [-0.05, 0) is 12.1 Å². The molecule has 1 aromatic rings. The second-order valence-corrected chi connectivity index (χ2v) is 3.12. The van der Waals surface area contributed by atoms with Crippen LogP contribution in [0.3, 0.4) is 0 Å². The lowest BCUT2D eigenvalue weighted by Gasteiger charge is -2.11. The van der Waals surface area contributed by atoms with Crippen LogP contribution in [-0.2, 0) is 6.18 Å². The Bertz CT molecular complexity index is 389. The minimum absolute atomic E-state index is 0.186. The lowest BCUT2D eigenvalue weighted by atomic mass is 10.1. The van der Waals surface area contributed by atoms with E-state index in [-0.39, 0.29) is 5.56 Å². The van der Waals surface area contributed by atoms with Gasteiger partial charge in [0.05, 0.1) is 16.1 Å². The summed E-state index contributed by atoms with van der Waals surface area (Å²) in [4.78, 5) is 11.2. The molecule has 1 amide bonds. The maximum absolute atomic E-state index is 12.4. The summed E-state index contributed by atoms with van der Waals surface area (Å²) in [5.74, 6) is -0.647. The van der Waals surface area contributed by atoms with Crippen molar-refractivity contribution >= 4 is 17.5 Å². The van der Waals surface area contributed by atoms with Gasteiger partial charge in [-0.1, -0.05) is 17.7 Å². The van der Waals surface area contributed by atoms with Gasteiger partial charge in [0.1, 0.15) is 0 Å². The maximum atomic E-state index is 12.4. The van der Waals surface area contributed by atoms with Crippen LogP contribution < -0.4 is 5.32 Å². The SMILES string of the molecule is CNC(=O)c1cccc(C(F)(F)F)c1Cl. The molecule has 0 heterocycles. The molecule has 1 rings (SSSR count). The van der Waals surface area contributed by atoms with E-state index in [0.717, 1.165) is 12.1 Å². The monoisotopic (exact) mass is 237 g/mol. The molecule has 0 aromatic heterocycles. The van der Waals surface area contributed by atoms with Gasteiger partial charge in [0, 0.05) is 7.05 Å². The van der Waals surface area contributed by atoms with Gasteiger partial charge >= 0.3 is 6.18 Å². The van der Waals surface area contributed by atoms with Crippen molar-refractivity contribution in [3.05, 3.63) is 34.3 Å². The third-order valence-corrected chi connectivity index (χ3v) is 2.18. The molecule has 0 bridgehead atoms. The van der Waals surface area contributed by atoms with Gasteiger partial charge in [-0.3, -0.25) is 4.79 Å². The van der Waals surface area contributed by atoms with Gasteiger partial charge in [-0.2, -0.15) is 13.2 Å². The van der Waals surface area contributed by atoms with Crippen molar-refractivity contribution in [2.45, 2.75) is 6.18 Å². The average Bonchev–Trinajstić information content (AvgIpc) is 2.15. The van der Waals surface area contributed by atoms with Crippen LogP contribution >= 0.6 is 11.6 Å². The zero-order valence-corrected chi connectivity index (χ0v) is 8.41. The molecule has 6 heteroatoms. The predicted octanol–water partition coefficient (Wildman–Crippen LogP) is 2.72. The predicted molar refractivity (Wildman–Crippen MR) is 49.8 cm³/mol. The van der Waals surface area contributed by atoms with E-state index in [0.29, 0.717) is 0 Å². The van der Waals surface area contributed by atoms with E-state index >= 15 is 0 Å². The number of alkyl halides is 3. The van der Waals surface area contributed by atoms with E-state index in [1.807, 2.05) is 0 Å². The molecule has 1 N–H and O–H groups in total. The number of benzene rings is 1. The molecule has 0 spiro atoms. The highest BCUT2D eigenvalue weighted by atomic mass is 35.5. The van der Waals surface area contributed by atoms with E-state index in [4.69, 9.17) is 11.6 Å². The van der Waals surface area contributed by atoms with E-state index in [9.17, 15) is 18.0 Å². The van der Waals surface area contributed by atoms with Crippen molar-refractivity contribution in [1.82, 2.24) is 5.32 Å². The fourth-order valence-electron chi connectivity index (χ4n) is 1.06. The highest BCUT2D eigenvalue weighted by Crippen LogP contribution is 2.36. The topological polar surface area (TPSA) is 29.1 Å². The summed E-state index contributed by atoms with van der Waals surface area (Å²) >= 11 is 5.49. The van der Waals surface area contributed by atoms with Crippen molar-refractivity contribution in [3.63, 3.8) is 0 Å². The van der Waals surface area contributed by atoms with E-state index in [1.165, 1.54) is 13.1 Å². The Morgan fingerprint density at radius 1 is 1.40 bits per heavy atom. The molecular weight excluding hydrogens is 231 g/mol. The molecule has 2 nitrogen and oxygen atoms in total. The molecule has 0 aliphatic rings.